The molecule has 3 aliphatic rings. The molecule has 0 bridgehead atoms. The van der Waals surface area contributed by atoms with E-state index in [1.165, 1.54) is 12.1 Å². The summed E-state index contributed by atoms with van der Waals surface area (Å²) in [6.45, 7) is 0. The molecule has 3 aliphatic heterocycles. The average Bonchev–Trinajstić information content (AvgIpc) is 3.20. The third-order valence-electron chi connectivity index (χ3n) is 10.0. The van der Waals surface area contributed by atoms with E-state index in [1.54, 1.807) is 23.5 Å². The zero-order valence-corrected chi connectivity index (χ0v) is 31.2. The summed E-state index contributed by atoms with van der Waals surface area (Å²) in [5.74, 6) is -0.229. The minimum atomic E-state index is -4.76. The van der Waals surface area contributed by atoms with Crippen LogP contribution < -0.4 is 30.1 Å². The van der Waals surface area contributed by atoms with E-state index in [0.29, 0.717) is 33.4 Å². The molecule has 0 spiro atoms. The molecule has 0 fully saturated rings. The van der Waals surface area contributed by atoms with Crippen LogP contribution in [-0.2, 0) is 4.57 Å². The van der Waals surface area contributed by atoms with Crippen LogP contribution in [0.4, 0.5) is 28.4 Å². The maximum Gasteiger partial charge on any atom is 0.356 e. The second-order valence-corrected chi connectivity index (χ2v) is 17.1. The maximum atomic E-state index is 13.0. The highest BCUT2D eigenvalue weighted by molar-refractivity contribution is 8.00. The van der Waals surface area contributed by atoms with Crippen LogP contribution in [0.25, 0.3) is 5.57 Å². The Morgan fingerprint density at radius 2 is 1.33 bits per heavy atom. The van der Waals surface area contributed by atoms with Gasteiger partial charge in [-0.25, -0.2) is 9.69 Å². The van der Waals surface area contributed by atoms with Crippen molar-refractivity contribution in [1.82, 2.24) is 4.58 Å². The van der Waals surface area contributed by atoms with E-state index in [0.717, 1.165) is 64.3 Å². The average molecular weight is 777 g/mol. The molecule has 0 amide bonds. The summed E-state index contributed by atoms with van der Waals surface area (Å²) in [6.07, 6.45) is 0. The first-order valence-corrected chi connectivity index (χ1v) is 20.6. The van der Waals surface area contributed by atoms with Gasteiger partial charge in [-0.3, -0.25) is 4.57 Å². The zero-order valence-electron chi connectivity index (χ0n) is 28.7. The van der Waals surface area contributed by atoms with Gasteiger partial charge in [0.1, 0.15) is 17.2 Å². The molecular formula is C44H29N2O6PS2+2. The van der Waals surface area contributed by atoms with Gasteiger partial charge in [0.05, 0.1) is 36.5 Å². The number of rotatable bonds is 5. The Labute approximate surface area is 323 Å². The zero-order chi connectivity index (χ0) is 37.4. The van der Waals surface area contributed by atoms with Crippen LogP contribution in [0.3, 0.4) is 0 Å². The fraction of sp³-hybridized carbons (Fsp3) is 0. The van der Waals surface area contributed by atoms with E-state index in [9.17, 15) is 24.3 Å². The number of hydrogen-bond donors (Lipinski definition) is 4. The van der Waals surface area contributed by atoms with Crippen molar-refractivity contribution in [3.63, 3.8) is 0 Å². The van der Waals surface area contributed by atoms with Crippen LogP contribution in [-0.4, -0.2) is 20.9 Å². The maximum absolute atomic E-state index is 13.0. The first-order valence-electron chi connectivity index (χ1n) is 17.4. The molecule has 8 nitrogen and oxygen atoms in total. The normalized spacial score (nSPS) is 15.1. The molecule has 55 heavy (non-hydrogen) atoms. The highest BCUT2D eigenvalue weighted by Gasteiger charge is 2.36. The number of aromatic carboxylic acids is 1. The van der Waals surface area contributed by atoms with Gasteiger partial charge in [-0.1, -0.05) is 90.3 Å². The molecule has 0 radical (unpaired) electrons. The summed E-state index contributed by atoms with van der Waals surface area (Å²) in [4.78, 5) is 38.2. The summed E-state index contributed by atoms with van der Waals surface area (Å²) >= 11 is 3.27. The number of carboxylic acid groups (broad SMARTS) is 1. The van der Waals surface area contributed by atoms with E-state index in [2.05, 4.69) is 59.2 Å². The van der Waals surface area contributed by atoms with Gasteiger partial charge >= 0.3 is 13.6 Å². The first-order chi connectivity index (χ1) is 26.7. The number of fused-ring (bicyclic) bond motifs is 6. The Kier molecular flexibility index (Phi) is 7.97. The minimum Gasteiger partial charge on any atom is -0.478 e. The number of benzene rings is 7. The summed E-state index contributed by atoms with van der Waals surface area (Å²) in [6, 6.07) is 48.9. The van der Waals surface area contributed by atoms with E-state index in [-0.39, 0.29) is 10.9 Å². The second kappa shape index (κ2) is 13.0. The van der Waals surface area contributed by atoms with Gasteiger partial charge in [-0.2, -0.15) is 4.58 Å². The van der Waals surface area contributed by atoms with E-state index >= 15 is 0 Å². The molecule has 0 saturated carbocycles. The molecule has 0 aliphatic carbocycles. The Morgan fingerprint density at radius 3 is 2.09 bits per heavy atom. The first kappa shape index (κ1) is 33.8. The third kappa shape index (κ3) is 5.65. The molecule has 1 unspecified atom stereocenters. The smallest absolute Gasteiger partial charge is 0.356 e. The van der Waals surface area contributed by atoms with Crippen molar-refractivity contribution in [2.24, 2.45) is 0 Å². The SMILES string of the molecule is O=C(O)c1cc(P(=O)(O)O)ccc1C1=c2cc3c(cc2Oc2cc4c(cc21)Sc1ccccc1[NH+]4c1ccccc1)=[N+](c1ccccc1)c1ccccc1S3. The Balaban J connectivity index is 1.30. The number of nitrogens with one attached hydrogen (secondary N) is 1. The lowest BCUT2D eigenvalue weighted by molar-refractivity contribution is -0.686. The number of carboxylic acids is 1. The van der Waals surface area contributed by atoms with Crippen LogP contribution >= 0.6 is 31.1 Å². The molecule has 4 N–H and O–H groups in total. The fourth-order valence-corrected chi connectivity index (χ4v) is 10.4. The van der Waals surface area contributed by atoms with Crippen LogP contribution in [0.5, 0.6) is 11.5 Å². The van der Waals surface area contributed by atoms with Gasteiger partial charge in [-0.15, -0.1) is 0 Å². The third-order valence-corrected chi connectivity index (χ3v) is 13.2. The van der Waals surface area contributed by atoms with Crippen LogP contribution in [0.1, 0.15) is 21.5 Å². The number of carbonyl (C=O) groups is 1. The molecule has 266 valence electrons. The number of hydrogen-bond acceptors (Lipinski definition) is 5. The summed E-state index contributed by atoms with van der Waals surface area (Å²) < 4.78 is 21.5. The monoisotopic (exact) mass is 776 g/mol. The number of nitrogens with zero attached hydrogens (tertiary/aromatic N) is 1. The number of quaternary nitrogens is 1. The van der Waals surface area contributed by atoms with Crippen molar-refractivity contribution < 1.29 is 33.9 Å². The molecule has 1 atom stereocenters. The lowest BCUT2D eigenvalue weighted by Gasteiger charge is -2.29. The van der Waals surface area contributed by atoms with E-state index in [4.69, 9.17) is 4.74 Å². The number of ether oxygens (including phenoxy) is 1. The van der Waals surface area contributed by atoms with Gasteiger partial charge in [0, 0.05) is 46.7 Å². The topological polar surface area (TPSA) is 112 Å². The van der Waals surface area contributed by atoms with Gasteiger partial charge in [-0.05, 0) is 54.1 Å². The second-order valence-electron chi connectivity index (χ2n) is 13.3. The molecule has 0 saturated heterocycles. The Morgan fingerprint density at radius 1 is 0.636 bits per heavy atom. The summed E-state index contributed by atoms with van der Waals surface area (Å²) in [7, 11) is -4.76. The quantitative estimate of drug-likeness (QED) is 0.104. The predicted octanol–water partition coefficient (Wildman–Crippen LogP) is 7.80. The van der Waals surface area contributed by atoms with Gasteiger partial charge in [0.25, 0.3) is 0 Å². The van der Waals surface area contributed by atoms with Gasteiger partial charge in [0.2, 0.25) is 16.7 Å². The Bertz CT molecular complexity index is 2950. The highest BCUT2D eigenvalue weighted by atomic mass is 32.2. The summed E-state index contributed by atoms with van der Waals surface area (Å²) in [5, 5.41) is 11.8. The molecular weight excluding hydrogens is 748 g/mol. The largest absolute Gasteiger partial charge is 0.478 e. The highest BCUT2D eigenvalue weighted by Crippen LogP contribution is 2.48. The van der Waals surface area contributed by atoms with Crippen LogP contribution in [0.2, 0.25) is 0 Å². The van der Waals surface area contributed by atoms with Gasteiger partial charge < -0.3 is 19.6 Å². The van der Waals surface area contributed by atoms with E-state index in [1.807, 2.05) is 78.9 Å². The van der Waals surface area contributed by atoms with Crippen LogP contribution in [0.15, 0.2) is 171 Å². The molecule has 11 heteroatoms. The van der Waals surface area contributed by atoms with Crippen molar-refractivity contribution in [1.29, 1.82) is 0 Å². The van der Waals surface area contributed by atoms with Gasteiger partial charge in [0.15, 0.2) is 11.4 Å². The molecule has 7 aromatic rings. The number of para-hydroxylation sites is 4. The van der Waals surface area contributed by atoms with Crippen molar-refractivity contribution in [3.05, 3.63) is 179 Å². The predicted molar refractivity (Wildman–Crippen MR) is 213 cm³/mol. The van der Waals surface area contributed by atoms with Crippen LogP contribution in [0, 0.1) is 0 Å². The van der Waals surface area contributed by atoms with Crippen molar-refractivity contribution in [3.8, 4) is 11.5 Å². The van der Waals surface area contributed by atoms with Crippen molar-refractivity contribution >= 4 is 76.4 Å². The lowest BCUT2D eigenvalue weighted by Crippen LogP contribution is -2.97. The standard InChI is InChI=1S/C44H27N2O6PS2/c47-44(48)30-21-28(53(49,50)51)19-20-29(30)43-31-22-41-35(45(26-11-3-1-4-12-26)33-15-7-9-17-39(33)54-41)24-37(31)52-38-25-36-42(23-32(38)43)55-40-18-10-8-16-34(40)46(36)27-13-5-2-6-14-27/h1-25H,(H2-,47,48,49,50,51)/p+2. The molecule has 10 rings (SSSR count). The summed E-state index contributed by atoms with van der Waals surface area (Å²) in [5.41, 5.74) is 6.54. The Hall–Kier alpha value is -5.71. The molecule has 3 heterocycles. The lowest BCUT2D eigenvalue weighted by atomic mass is 9.89. The van der Waals surface area contributed by atoms with E-state index < -0.39 is 13.6 Å². The fourth-order valence-electron chi connectivity index (χ4n) is 7.64. The van der Waals surface area contributed by atoms with Crippen molar-refractivity contribution in [2.75, 3.05) is 0 Å². The minimum absolute atomic E-state index is 0.219. The van der Waals surface area contributed by atoms with Crippen molar-refractivity contribution in [2.45, 2.75) is 19.6 Å². The molecule has 0 aromatic heterocycles. The molecule has 7 aromatic carbocycles.